The molecule has 0 unspecified atom stereocenters. The molecular weight excluding hydrogens is 408 g/mol. The summed E-state index contributed by atoms with van der Waals surface area (Å²) in [5, 5.41) is 6.50. The fourth-order valence-corrected chi connectivity index (χ4v) is 3.55. The second kappa shape index (κ2) is 8.11. The SMILES string of the molecule is CC(C)n1cc(C(=O)Nc2nc(-c3ccccn3)c(F)s2)c(-c2ccccc2F)n1. The summed E-state index contributed by atoms with van der Waals surface area (Å²) in [6.45, 7) is 3.80. The highest BCUT2D eigenvalue weighted by atomic mass is 32.1. The molecule has 1 amide bonds. The predicted molar refractivity (Wildman–Crippen MR) is 111 cm³/mol. The number of thiazole rings is 1. The average Bonchev–Trinajstić information content (AvgIpc) is 3.33. The minimum atomic E-state index is -0.559. The Morgan fingerprint density at radius 1 is 1.10 bits per heavy atom. The van der Waals surface area contributed by atoms with Crippen LogP contribution in [0.15, 0.2) is 54.9 Å². The monoisotopic (exact) mass is 425 g/mol. The second-order valence-electron chi connectivity index (χ2n) is 6.76. The Balaban J connectivity index is 1.68. The molecule has 0 aliphatic rings. The van der Waals surface area contributed by atoms with Crippen molar-refractivity contribution in [3.63, 3.8) is 0 Å². The van der Waals surface area contributed by atoms with Crippen LogP contribution < -0.4 is 5.32 Å². The summed E-state index contributed by atoms with van der Waals surface area (Å²) in [6, 6.07) is 11.1. The zero-order chi connectivity index (χ0) is 21.3. The fourth-order valence-electron chi connectivity index (χ4n) is 2.85. The van der Waals surface area contributed by atoms with Crippen LogP contribution in [0.3, 0.4) is 0 Å². The molecule has 1 N–H and O–H groups in total. The van der Waals surface area contributed by atoms with Gasteiger partial charge in [0.1, 0.15) is 17.2 Å². The molecule has 9 heteroatoms. The van der Waals surface area contributed by atoms with Gasteiger partial charge in [0.15, 0.2) is 5.13 Å². The molecule has 1 aromatic carbocycles. The van der Waals surface area contributed by atoms with Crippen LogP contribution in [0.1, 0.15) is 30.2 Å². The molecule has 0 aliphatic heterocycles. The number of halogens is 2. The predicted octanol–water partition coefficient (Wildman–Crippen LogP) is 5.18. The quantitative estimate of drug-likeness (QED) is 0.478. The summed E-state index contributed by atoms with van der Waals surface area (Å²) in [7, 11) is 0. The van der Waals surface area contributed by atoms with Crippen molar-refractivity contribution >= 4 is 22.4 Å². The zero-order valence-corrected chi connectivity index (χ0v) is 17.0. The summed E-state index contributed by atoms with van der Waals surface area (Å²) in [6.07, 6.45) is 3.08. The van der Waals surface area contributed by atoms with E-state index in [-0.39, 0.29) is 33.7 Å². The minimum Gasteiger partial charge on any atom is -0.298 e. The van der Waals surface area contributed by atoms with Gasteiger partial charge in [0, 0.05) is 24.0 Å². The molecule has 6 nitrogen and oxygen atoms in total. The first-order valence-corrected chi connectivity index (χ1v) is 9.99. The van der Waals surface area contributed by atoms with Crippen LogP contribution in [0.5, 0.6) is 0 Å². The molecule has 0 spiro atoms. The van der Waals surface area contributed by atoms with Crippen molar-refractivity contribution in [1.29, 1.82) is 0 Å². The lowest BCUT2D eigenvalue weighted by atomic mass is 10.1. The van der Waals surface area contributed by atoms with E-state index in [1.54, 1.807) is 47.3 Å². The summed E-state index contributed by atoms with van der Waals surface area (Å²) >= 11 is 0.699. The summed E-state index contributed by atoms with van der Waals surface area (Å²) in [5.41, 5.74) is 1.01. The van der Waals surface area contributed by atoms with Gasteiger partial charge in [-0.15, -0.1) is 0 Å². The molecule has 4 aromatic rings. The molecule has 0 atom stereocenters. The van der Waals surface area contributed by atoms with E-state index in [0.29, 0.717) is 17.0 Å². The van der Waals surface area contributed by atoms with Gasteiger partial charge >= 0.3 is 0 Å². The lowest BCUT2D eigenvalue weighted by molar-refractivity contribution is 0.102. The maximum Gasteiger partial charge on any atom is 0.261 e. The molecule has 0 aliphatic carbocycles. The Kier molecular flexibility index (Phi) is 5.37. The van der Waals surface area contributed by atoms with E-state index in [4.69, 9.17) is 0 Å². The molecule has 0 saturated carbocycles. The molecule has 3 heterocycles. The van der Waals surface area contributed by atoms with Crippen LogP contribution >= 0.6 is 11.3 Å². The van der Waals surface area contributed by atoms with Crippen LogP contribution in [0.25, 0.3) is 22.6 Å². The summed E-state index contributed by atoms with van der Waals surface area (Å²) < 4.78 is 30.3. The normalized spacial score (nSPS) is 11.1. The molecule has 0 fully saturated rings. The Bertz CT molecular complexity index is 1200. The molecule has 30 heavy (non-hydrogen) atoms. The van der Waals surface area contributed by atoms with Crippen molar-refractivity contribution in [2.45, 2.75) is 19.9 Å². The number of rotatable bonds is 5. The Hall–Kier alpha value is -3.46. The number of pyridine rings is 1. The summed E-state index contributed by atoms with van der Waals surface area (Å²) in [5.74, 6) is -1.04. The molecule has 0 radical (unpaired) electrons. The maximum atomic E-state index is 14.4. The molecule has 3 aromatic heterocycles. The number of hydrogen-bond donors (Lipinski definition) is 1. The highest BCUT2D eigenvalue weighted by Crippen LogP contribution is 2.30. The van der Waals surface area contributed by atoms with Gasteiger partial charge in [-0.2, -0.15) is 9.49 Å². The van der Waals surface area contributed by atoms with Crippen molar-refractivity contribution in [2.75, 3.05) is 5.32 Å². The topological polar surface area (TPSA) is 72.7 Å². The lowest BCUT2D eigenvalue weighted by Gasteiger charge is -2.04. The Morgan fingerprint density at radius 3 is 2.57 bits per heavy atom. The highest BCUT2D eigenvalue weighted by Gasteiger charge is 2.23. The van der Waals surface area contributed by atoms with Crippen molar-refractivity contribution in [1.82, 2.24) is 19.7 Å². The van der Waals surface area contributed by atoms with E-state index in [1.807, 2.05) is 13.8 Å². The van der Waals surface area contributed by atoms with Crippen LogP contribution in [-0.4, -0.2) is 25.7 Å². The smallest absolute Gasteiger partial charge is 0.261 e. The van der Waals surface area contributed by atoms with Crippen LogP contribution in [0, 0.1) is 10.9 Å². The van der Waals surface area contributed by atoms with Gasteiger partial charge in [-0.1, -0.05) is 29.5 Å². The van der Waals surface area contributed by atoms with Gasteiger partial charge in [0.2, 0.25) is 5.13 Å². The highest BCUT2D eigenvalue weighted by molar-refractivity contribution is 7.14. The number of nitrogens with zero attached hydrogens (tertiary/aromatic N) is 4. The second-order valence-corrected chi connectivity index (χ2v) is 7.70. The first kappa shape index (κ1) is 19.8. The largest absolute Gasteiger partial charge is 0.298 e. The maximum absolute atomic E-state index is 14.4. The lowest BCUT2D eigenvalue weighted by Crippen LogP contribution is -2.12. The molecular formula is C21H17F2N5OS. The van der Waals surface area contributed by atoms with Crippen LogP contribution in [0.4, 0.5) is 13.9 Å². The third kappa shape index (κ3) is 3.84. The Morgan fingerprint density at radius 2 is 1.87 bits per heavy atom. The van der Waals surface area contributed by atoms with Gasteiger partial charge < -0.3 is 0 Å². The molecule has 0 saturated heterocycles. The average molecular weight is 425 g/mol. The number of benzene rings is 1. The van der Waals surface area contributed by atoms with Crippen LogP contribution in [-0.2, 0) is 0 Å². The number of anilines is 1. The van der Waals surface area contributed by atoms with E-state index in [2.05, 4.69) is 20.4 Å². The van der Waals surface area contributed by atoms with Gasteiger partial charge in [0.25, 0.3) is 5.91 Å². The third-order valence-corrected chi connectivity index (χ3v) is 5.11. The molecule has 0 bridgehead atoms. The van der Waals surface area contributed by atoms with E-state index in [9.17, 15) is 13.6 Å². The van der Waals surface area contributed by atoms with Crippen molar-refractivity contribution in [2.24, 2.45) is 0 Å². The van der Waals surface area contributed by atoms with Gasteiger partial charge in [0.05, 0.1) is 11.3 Å². The number of carbonyl (C=O) groups is 1. The van der Waals surface area contributed by atoms with E-state index in [0.717, 1.165) is 0 Å². The number of amides is 1. The summed E-state index contributed by atoms with van der Waals surface area (Å²) in [4.78, 5) is 21.2. The van der Waals surface area contributed by atoms with E-state index >= 15 is 0 Å². The van der Waals surface area contributed by atoms with E-state index in [1.165, 1.54) is 12.3 Å². The number of aromatic nitrogens is 4. The van der Waals surface area contributed by atoms with Crippen molar-refractivity contribution in [3.8, 4) is 22.6 Å². The third-order valence-electron chi connectivity index (χ3n) is 4.35. The van der Waals surface area contributed by atoms with Gasteiger partial charge in [-0.05, 0) is 38.1 Å². The van der Waals surface area contributed by atoms with Gasteiger partial charge in [-0.3, -0.25) is 19.8 Å². The molecule has 4 rings (SSSR count). The van der Waals surface area contributed by atoms with Gasteiger partial charge in [-0.25, -0.2) is 9.37 Å². The minimum absolute atomic E-state index is 0.0369. The standard InChI is InChI=1S/C21H17F2N5OS/c1-12(2)28-11-14(17(27-28)13-7-3-4-8-15(13)22)20(29)26-21-25-18(19(23)30-21)16-9-5-6-10-24-16/h3-12H,1-2H3,(H,25,26,29). The van der Waals surface area contributed by atoms with E-state index < -0.39 is 16.9 Å². The first-order valence-electron chi connectivity index (χ1n) is 9.17. The molecule has 152 valence electrons. The Labute approximate surface area is 175 Å². The van der Waals surface area contributed by atoms with Crippen LogP contribution in [0.2, 0.25) is 0 Å². The van der Waals surface area contributed by atoms with Crippen molar-refractivity contribution in [3.05, 3.63) is 71.4 Å². The first-order chi connectivity index (χ1) is 14.4. The number of carbonyl (C=O) groups excluding carboxylic acids is 1. The van der Waals surface area contributed by atoms with Crippen molar-refractivity contribution < 1.29 is 13.6 Å². The number of nitrogens with one attached hydrogen (secondary N) is 1. The number of hydrogen-bond acceptors (Lipinski definition) is 5. The fraction of sp³-hybridized carbons (Fsp3) is 0.143. The zero-order valence-electron chi connectivity index (χ0n) is 16.1.